The fourth-order valence-electron chi connectivity index (χ4n) is 3.55. The van der Waals surface area contributed by atoms with E-state index in [1.54, 1.807) is 13.8 Å². The number of esters is 1. The fraction of sp³-hybridized carbons (Fsp3) is 0.476. The number of halogens is 1. The van der Waals surface area contributed by atoms with Crippen LogP contribution in [0, 0.1) is 0 Å². The zero-order chi connectivity index (χ0) is 25.5. The van der Waals surface area contributed by atoms with Gasteiger partial charge in [-0.15, -0.1) is 0 Å². The summed E-state index contributed by atoms with van der Waals surface area (Å²) in [6, 6.07) is 7.24. The van der Waals surface area contributed by atoms with Crippen LogP contribution >= 0.6 is 7.37 Å². The SMILES string of the molecule is CC(C)OC(=O)[C@@]1(N)CP1(=O)Oc1ccc(OC[C@H]2O[C@@H](n3ccc(N)nc3=O)[C@H](F)[C@@H]2O)cc1. The number of alkyl halides is 1. The highest BCUT2D eigenvalue weighted by atomic mass is 31.2. The zero-order valence-corrected chi connectivity index (χ0v) is 19.8. The molecule has 0 spiro atoms. The molecule has 2 aromatic rings. The van der Waals surface area contributed by atoms with Crippen LogP contribution in [-0.4, -0.2) is 63.2 Å². The van der Waals surface area contributed by atoms with Crippen LogP contribution in [0.3, 0.4) is 0 Å². The Morgan fingerprint density at radius 1 is 1.34 bits per heavy atom. The van der Waals surface area contributed by atoms with Gasteiger partial charge in [0.15, 0.2) is 12.4 Å². The molecule has 0 radical (unpaired) electrons. The molecule has 35 heavy (non-hydrogen) atoms. The lowest BCUT2D eigenvalue weighted by molar-refractivity contribution is -0.148. The highest BCUT2D eigenvalue weighted by Crippen LogP contribution is 2.73. The molecule has 0 saturated carbocycles. The first-order chi connectivity index (χ1) is 16.4. The summed E-state index contributed by atoms with van der Waals surface area (Å²) in [5.41, 5.74) is 10.5. The second kappa shape index (κ2) is 9.23. The number of nitrogen functional groups attached to an aromatic ring is 1. The van der Waals surface area contributed by atoms with E-state index in [0.717, 1.165) is 4.57 Å². The summed E-state index contributed by atoms with van der Waals surface area (Å²) in [5.74, 6) is -0.258. The molecule has 0 amide bonds. The van der Waals surface area contributed by atoms with Crippen LogP contribution in [-0.2, 0) is 18.8 Å². The highest BCUT2D eigenvalue weighted by molar-refractivity contribution is 7.70. The van der Waals surface area contributed by atoms with Gasteiger partial charge in [0.2, 0.25) is 5.28 Å². The Labute approximate surface area is 199 Å². The normalized spacial score (nSPS) is 31.8. The molecule has 1 aromatic heterocycles. The van der Waals surface area contributed by atoms with Crippen molar-refractivity contribution in [3.05, 3.63) is 47.0 Å². The van der Waals surface area contributed by atoms with Crippen molar-refractivity contribution in [2.45, 2.75) is 49.8 Å². The molecule has 5 N–H and O–H groups in total. The van der Waals surface area contributed by atoms with Gasteiger partial charge in [0, 0.05) is 6.20 Å². The number of hydrogen-bond donors (Lipinski definition) is 3. The molecule has 0 bridgehead atoms. The Kier molecular flexibility index (Phi) is 6.62. The average molecular weight is 512 g/mol. The smallest absolute Gasteiger partial charge is 0.351 e. The molecule has 0 aliphatic carbocycles. The maximum absolute atomic E-state index is 14.6. The molecule has 14 heteroatoms. The number of aromatic nitrogens is 2. The molecular weight excluding hydrogens is 486 g/mol. The van der Waals surface area contributed by atoms with E-state index in [1.807, 2.05) is 0 Å². The van der Waals surface area contributed by atoms with E-state index in [2.05, 4.69) is 4.98 Å². The van der Waals surface area contributed by atoms with Gasteiger partial charge in [0.25, 0.3) is 7.37 Å². The van der Waals surface area contributed by atoms with Gasteiger partial charge in [0.05, 0.1) is 12.3 Å². The molecule has 1 aromatic carbocycles. The van der Waals surface area contributed by atoms with Crippen LogP contribution in [0.2, 0.25) is 0 Å². The second-order valence-corrected chi connectivity index (χ2v) is 11.3. The number of benzene rings is 1. The number of aliphatic hydroxyl groups excluding tert-OH is 1. The molecule has 2 aliphatic heterocycles. The molecule has 2 fully saturated rings. The van der Waals surface area contributed by atoms with Crippen LogP contribution in [0.1, 0.15) is 20.1 Å². The van der Waals surface area contributed by atoms with E-state index >= 15 is 0 Å². The number of hydrogen-bond acceptors (Lipinski definition) is 11. The number of anilines is 1. The number of aliphatic hydroxyl groups is 1. The van der Waals surface area contributed by atoms with Crippen molar-refractivity contribution in [3.8, 4) is 11.5 Å². The zero-order valence-electron chi connectivity index (χ0n) is 18.9. The first-order valence-electron chi connectivity index (χ1n) is 10.8. The van der Waals surface area contributed by atoms with Gasteiger partial charge >= 0.3 is 11.7 Å². The highest BCUT2D eigenvalue weighted by Gasteiger charge is 2.72. The monoisotopic (exact) mass is 512 g/mol. The molecule has 2 saturated heterocycles. The summed E-state index contributed by atoms with van der Waals surface area (Å²) >= 11 is 0. The standard InChI is InChI=1S/C21H26FN4O8P/c1-11(2)32-19(28)21(24)10-35(21,30)34-13-5-3-12(4-6-13)31-9-14-17(27)16(22)18(33-14)26-8-7-15(23)25-20(26)29/h3-8,11,14,16-18,27H,9-10,24H2,1-2H3,(H2,23,25,29)/t14-,16-,17-,18-,21-,35?/m1/s1. The Morgan fingerprint density at radius 3 is 2.63 bits per heavy atom. The molecule has 190 valence electrons. The van der Waals surface area contributed by atoms with Crippen LogP contribution in [0.5, 0.6) is 11.5 Å². The Morgan fingerprint density at radius 2 is 2.00 bits per heavy atom. The number of carbonyl (C=O) groups excluding carboxylic acids is 1. The summed E-state index contributed by atoms with van der Waals surface area (Å²) < 4.78 is 49.9. The van der Waals surface area contributed by atoms with Crippen molar-refractivity contribution in [1.29, 1.82) is 0 Å². The van der Waals surface area contributed by atoms with Crippen molar-refractivity contribution in [1.82, 2.24) is 9.55 Å². The minimum Gasteiger partial charge on any atom is -0.491 e. The molecular formula is C21H26FN4O8P. The van der Waals surface area contributed by atoms with Gasteiger partial charge < -0.3 is 35.3 Å². The van der Waals surface area contributed by atoms with E-state index in [-0.39, 0.29) is 24.3 Å². The van der Waals surface area contributed by atoms with Gasteiger partial charge in [-0.25, -0.2) is 14.0 Å². The van der Waals surface area contributed by atoms with E-state index < -0.39 is 55.0 Å². The number of nitrogens with two attached hydrogens (primary N) is 2. The van der Waals surface area contributed by atoms with Crippen molar-refractivity contribution >= 4 is 19.2 Å². The third-order valence-electron chi connectivity index (χ3n) is 5.56. The number of nitrogens with zero attached hydrogens (tertiary/aromatic N) is 2. The van der Waals surface area contributed by atoms with Crippen molar-refractivity contribution in [3.63, 3.8) is 0 Å². The minimum absolute atomic E-state index is 0.0214. The quantitative estimate of drug-likeness (QED) is 0.336. The first-order valence-corrected chi connectivity index (χ1v) is 12.6. The predicted octanol–water partition coefficient (Wildman–Crippen LogP) is 0.778. The number of rotatable bonds is 8. The largest absolute Gasteiger partial charge is 0.491 e. The lowest BCUT2D eigenvalue weighted by Crippen LogP contribution is -2.37. The van der Waals surface area contributed by atoms with Crippen LogP contribution in [0.25, 0.3) is 0 Å². The second-order valence-electron chi connectivity index (χ2n) is 8.63. The Hall–Kier alpha value is -2.99. The lowest BCUT2D eigenvalue weighted by atomic mass is 10.1. The van der Waals surface area contributed by atoms with Crippen LogP contribution in [0.4, 0.5) is 10.2 Å². The molecule has 3 heterocycles. The first kappa shape index (κ1) is 25.1. The number of ether oxygens (including phenoxy) is 3. The summed E-state index contributed by atoms with van der Waals surface area (Å²) in [5, 5.41) is 8.54. The molecule has 12 nitrogen and oxygen atoms in total. The van der Waals surface area contributed by atoms with Crippen molar-refractivity contribution in [2.75, 3.05) is 18.5 Å². The summed E-state index contributed by atoms with van der Waals surface area (Å²) in [7, 11) is -3.45. The minimum atomic E-state index is -3.45. The van der Waals surface area contributed by atoms with Crippen LogP contribution < -0.4 is 26.4 Å². The van der Waals surface area contributed by atoms with E-state index in [0.29, 0.717) is 5.75 Å². The summed E-state index contributed by atoms with van der Waals surface area (Å²) in [4.78, 5) is 27.6. The molecule has 1 unspecified atom stereocenters. The number of carbonyl (C=O) groups is 1. The lowest BCUT2D eigenvalue weighted by Gasteiger charge is -2.16. The maximum atomic E-state index is 14.6. The van der Waals surface area contributed by atoms with Crippen molar-refractivity contribution < 1.29 is 37.6 Å². The van der Waals surface area contributed by atoms with Crippen molar-refractivity contribution in [2.24, 2.45) is 5.73 Å². The summed E-state index contributed by atoms with van der Waals surface area (Å²) in [6.45, 7) is 3.10. The fourth-order valence-corrected chi connectivity index (χ4v) is 5.61. The Balaban J connectivity index is 1.34. The molecule has 2 aliphatic rings. The van der Waals surface area contributed by atoms with Gasteiger partial charge in [-0.05, 0) is 44.2 Å². The molecule has 6 atom stereocenters. The van der Waals surface area contributed by atoms with E-state index in [1.165, 1.54) is 36.5 Å². The Bertz CT molecular complexity index is 1210. The summed E-state index contributed by atoms with van der Waals surface area (Å²) in [6.07, 6.45) is -5.18. The average Bonchev–Trinajstić information content (AvgIpc) is 3.23. The predicted molar refractivity (Wildman–Crippen MR) is 121 cm³/mol. The van der Waals surface area contributed by atoms with Crippen LogP contribution in [0.15, 0.2) is 41.3 Å². The van der Waals surface area contributed by atoms with Gasteiger partial charge in [-0.3, -0.25) is 9.13 Å². The maximum Gasteiger partial charge on any atom is 0.351 e. The van der Waals surface area contributed by atoms with Gasteiger partial charge in [-0.2, -0.15) is 4.98 Å². The van der Waals surface area contributed by atoms with E-state index in [9.17, 15) is 23.7 Å². The third-order valence-corrected chi connectivity index (χ3v) is 8.16. The molecule has 4 rings (SSSR count). The topological polar surface area (TPSA) is 178 Å². The van der Waals surface area contributed by atoms with Gasteiger partial charge in [-0.1, -0.05) is 0 Å². The van der Waals surface area contributed by atoms with Gasteiger partial charge in [0.1, 0.15) is 36.1 Å². The van der Waals surface area contributed by atoms with E-state index in [4.69, 9.17) is 30.2 Å². The third kappa shape index (κ3) is 4.90.